The molecule has 0 unspecified atom stereocenters. The number of rotatable bonds is 3. The van der Waals surface area contributed by atoms with Crippen molar-refractivity contribution in [2.45, 2.75) is 84.7 Å². The fourth-order valence-corrected chi connectivity index (χ4v) is 2.19. The van der Waals surface area contributed by atoms with Gasteiger partial charge in [-0.25, -0.2) is 0 Å². The summed E-state index contributed by atoms with van der Waals surface area (Å²) in [5, 5.41) is 0. The summed E-state index contributed by atoms with van der Waals surface area (Å²) in [5.74, 6) is 0. The third kappa shape index (κ3) is 9.77. The zero-order valence-corrected chi connectivity index (χ0v) is 13.7. The van der Waals surface area contributed by atoms with Crippen LogP contribution in [0.5, 0.6) is 0 Å². The summed E-state index contributed by atoms with van der Waals surface area (Å²) >= 11 is 0. The standard InChI is InChI=1S/C13H27O3Si/c1-10(2,3)14-13(17,15-11(4,5)6)16-12(7,8)9/h1-9H3. The Morgan fingerprint density at radius 3 is 0.824 bits per heavy atom. The minimum Gasteiger partial charge on any atom is -0.326 e. The Labute approximate surface area is 110 Å². The van der Waals surface area contributed by atoms with Gasteiger partial charge in [0.05, 0.1) is 16.8 Å². The molecule has 4 heteroatoms. The van der Waals surface area contributed by atoms with Crippen LogP contribution in [0.25, 0.3) is 0 Å². The van der Waals surface area contributed by atoms with Gasteiger partial charge in [0.15, 0.2) is 10.2 Å². The van der Waals surface area contributed by atoms with E-state index in [1.54, 1.807) is 0 Å². The SMILES string of the molecule is CC(C)(C)OC([Si])(OC(C)(C)C)OC(C)(C)C. The Kier molecular flexibility index (Phi) is 5.03. The van der Waals surface area contributed by atoms with E-state index in [1.165, 1.54) is 0 Å². The van der Waals surface area contributed by atoms with E-state index in [9.17, 15) is 0 Å². The van der Waals surface area contributed by atoms with Crippen LogP contribution in [0.15, 0.2) is 0 Å². The van der Waals surface area contributed by atoms with Crippen molar-refractivity contribution in [1.29, 1.82) is 0 Å². The Balaban J connectivity index is 4.95. The van der Waals surface area contributed by atoms with Crippen LogP contribution in [0.3, 0.4) is 0 Å². The first kappa shape index (κ1) is 17.1. The summed E-state index contributed by atoms with van der Waals surface area (Å²) in [6.07, 6.45) is 0. The van der Waals surface area contributed by atoms with Crippen molar-refractivity contribution in [1.82, 2.24) is 0 Å². The molecule has 3 nitrogen and oxygen atoms in total. The molecule has 0 aromatic carbocycles. The highest BCUT2D eigenvalue weighted by Gasteiger charge is 2.39. The van der Waals surface area contributed by atoms with Crippen LogP contribution in [0.2, 0.25) is 0 Å². The third-order valence-electron chi connectivity index (χ3n) is 1.32. The Morgan fingerprint density at radius 1 is 0.529 bits per heavy atom. The molecule has 0 fully saturated rings. The molecule has 0 saturated carbocycles. The molecule has 0 bridgehead atoms. The maximum Gasteiger partial charge on any atom is 0.250 e. The van der Waals surface area contributed by atoms with Gasteiger partial charge in [0.2, 0.25) is 5.60 Å². The predicted molar refractivity (Wildman–Crippen MR) is 71.0 cm³/mol. The van der Waals surface area contributed by atoms with E-state index in [1.807, 2.05) is 62.3 Å². The zero-order chi connectivity index (χ0) is 14.1. The summed E-state index contributed by atoms with van der Waals surface area (Å²) < 4.78 is 17.5. The lowest BCUT2D eigenvalue weighted by atomic mass is 10.2. The lowest BCUT2D eigenvalue weighted by molar-refractivity contribution is -0.399. The maximum atomic E-state index is 5.85. The molecule has 0 aromatic heterocycles. The average molecular weight is 259 g/mol. The fourth-order valence-electron chi connectivity index (χ4n) is 1.27. The fraction of sp³-hybridized carbons (Fsp3) is 1.00. The van der Waals surface area contributed by atoms with Crippen molar-refractivity contribution in [2.75, 3.05) is 0 Å². The van der Waals surface area contributed by atoms with Crippen LogP contribution in [0.1, 0.15) is 62.3 Å². The molecule has 0 rings (SSSR count). The van der Waals surface area contributed by atoms with Gasteiger partial charge in [-0.05, 0) is 62.3 Å². The molecule has 3 radical (unpaired) electrons. The molecule has 0 amide bonds. The van der Waals surface area contributed by atoms with Crippen LogP contribution >= 0.6 is 0 Å². The summed E-state index contributed by atoms with van der Waals surface area (Å²) in [4.78, 5) is 0. The Hall–Kier alpha value is 0.0969. The van der Waals surface area contributed by atoms with Crippen LogP contribution < -0.4 is 0 Å². The van der Waals surface area contributed by atoms with Gasteiger partial charge in [-0.1, -0.05) is 0 Å². The van der Waals surface area contributed by atoms with E-state index in [4.69, 9.17) is 14.2 Å². The van der Waals surface area contributed by atoms with Crippen molar-refractivity contribution in [3.63, 3.8) is 0 Å². The lowest BCUT2D eigenvalue weighted by Crippen LogP contribution is -2.52. The van der Waals surface area contributed by atoms with Gasteiger partial charge in [-0.3, -0.25) is 0 Å². The molecule has 0 aliphatic carbocycles. The number of ether oxygens (including phenoxy) is 3. The molecule has 0 saturated heterocycles. The Morgan fingerprint density at radius 2 is 0.706 bits per heavy atom. The highest BCUT2D eigenvalue weighted by molar-refractivity contribution is 6.12. The van der Waals surface area contributed by atoms with Gasteiger partial charge in [-0.15, -0.1) is 0 Å². The topological polar surface area (TPSA) is 27.7 Å². The molecule has 0 N–H and O–H groups in total. The first-order valence-corrected chi connectivity index (χ1v) is 6.47. The molecule has 0 aliphatic heterocycles. The normalized spacial score (nSPS) is 15.2. The third-order valence-corrected chi connectivity index (χ3v) is 1.63. The molecule has 17 heavy (non-hydrogen) atoms. The second-order valence-electron chi connectivity index (χ2n) is 7.20. The van der Waals surface area contributed by atoms with E-state index >= 15 is 0 Å². The minimum absolute atomic E-state index is 0.377. The highest BCUT2D eigenvalue weighted by Crippen LogP contribution is 2.29. The minimum atomic E-state index is -1.24. The summed E-state index contributed by atoms with van der Waals surface area (Å²) in [7, 11) is 3.49. The van der Waals surface area contributed by atoms with Gasteiger partial charge in [0.1, 0.15) is 0 Å². The van der Waals surface area contributed by atoms with Crippen LogP contribution in [-0.2, 0) is 14.2 Å². The summed E-state index contributed by atoms with van der Waals surface area (Å²) in [6, 6.07) is 0. The predicted octanol–water partition coefficient (Wildman–Crippen LogP) is 3.21. The quantitative estimate of drug-likeness (QED) is 0.575. The van der Waals surface area contributed by atoms with E-state index in [-0.39, 0.29) is 16.8 Å². The van der Waals surface area contributed by atoms with Crippen molar-refractivity contribution in [3.05, 3.63) is 0 Å². The van der Waals surface area contributed by atoms with Gasteiger partial charge < -0.3 is 14.2 Å². The summed E-state index contributed by atoms with van der Waals surface area (Å²) in [5.41, 5.74) is -2.37. The van der Waals surface area contributed by atoms with Crippen molar-refractivity contribution < 1.29 is 14.2 Å². The second kappa shape index (κ2) is 5.00. The highest BCUT2D eigenvalue weighted by atomic mass is 28.1. The van der Waals surface area contributed by atoms with E-state index in [0.29, 0.717) is 0 Å². The van der Waals surface area contributed by atoms with Gasteiger partial charge in [0, 0.05) is 0 Å². The van der Waals surface area contributed by atoms with Crippen LogP contribution in [-0.4, -0.2) is 32.6 Å². The zero-order valence-electron chi connectivity index (χ0n) is 12.7. The van der Waals surface area contributed by atoms with Crippen molar-refractivity contribution in [2.24, 2.45) is 0 Å². The maximum absolute atomic E-state index is 5.85. The van der Waals surface area contributed by atoms with Crippen molar-refractivity contribution in [3.8, 4) is 0 Å². The Bertz CT molecular complexity index is 202. The van der Waals surface area contributed by atoms with Crippen LogP contribution in [0.4, 0.5) is 0 Å². The smallest absolute Gasteiger partial charge is 0.250 e. The average Bonchev–Trinajstić information content (AvgIpc) is 1.65. The van der Waals surface area contributed by atoms with E-state index in [0.717, 1.165) is 0 Å². The largest absolute Gasteiger partial charge is 0.326 e. The van der Waals surface area contributed by atoms with E-state index < -0.39 is 5.60 Å². The first-order valence-electron chi connectivity index (χ1n) is 5.97. The van der Waals surface area contributed by atoms with Crippen LogP contribution in [0, 0.1) is 0 Å². The second-order valence-corrected chi connectivity index (χ2v) is 7.81. The molecular formula is C13H27O3Si. The molecule has 0 aliphatic rings. The molecule has 0 spiro atoms. The number of hydrogen-bond acceptors (Lipinski definition) is 3. The first-order chi connectivity index (χ1) is 7.12. The molecule has 0 heterocycles. The summed E-state index contributed by atoms with van der Waals surface area (Å²) in [6.45, 7) is 17.6. The monoisotopic (exact) mass is 259 g/mol. The lowest BCUT2D eigenvalue weighted by Gasteiger charge is -2.43. The van der Waals surface area contributed by atoms with Gasteiger partial charge in [0.25, 0.3) is 0 Å². The van der Waals surface area contributed by atoms with Gasteiger partial charge >= 0.3 is 0 Å². The molecule has 101 valence electrons. The van der Waals surface area contributed by atoms with Crippen molar-refractivity contribution >= 4 is 10.2 Å². The molecular weight excluding hydrogens is 232 g/mol. The molecule has 0 aromatic rings. The van der Waals surface area contributed by atoms with E-state index in [2.05, 4.69) is 10.2 Å². The molecule has 0 atom stereocenters. The van der Waals surface area contributed by atoms with Gasteiger partial charge in [-0.2, -0.15) is 0 Å². The number of hydrogen-bond donors (Lipinski definition) is 0.